The lowest BCUT2D eigenvalue weighted by Gasteiger charge is -2.30. The molecule has 0 atom stereocenters. The van der Waals surface area contributed by atoms with E-state index in [1.54, 1.807) is 17.8 Å². The normalized spacial score (nSPS) is 19.8. The summed E-state index contributed by atoms with van der Waals surface area (Å²) in [5, 5.41) is 3.52. The molecule has 0 spiro atoms. The molecule has 1 aromatic carbocycles. The van der Waals surface area contributed by atoms with E-state index in [4.69, 9.17) is 9.47 Å². The SMILES string of the molecule is C.C.Cc1nccc(NC2CCC(Oc3cc(C4=CCOCC4)cc4ncc(=O)n(C)c34)CC2)n1. The number of benzene rings is 1. The molecule has 5 rings (SSSR count). The predicted molar refractivity (Wildman–Crippen MR) is 141 cm³/mol. The van der Waals surface area contributed by atoms with Gasteiger partial charge in [-0.1, -0.05) is 20.9 Å². The summed E-state index contributed by atoms with van der Waals surface area (Å²) >= 11 is 0. The highest BCUT2D eigenvalue weighted by Gasteiger charge is 2.24. The molecule has 8 heteroatoms. The Bertz CT molecular complexity index is 1250. The van der Waals surface area contributed by atoms with Crippen molar-refractivity contribution in [3.05, 3.63) is 58.4 Å². The second-order valence-electron chi connectivity index (χ2n) is 8.78. The van der Waals surface area contributed by atoms with E-state index in [9.17, 15) is 4.79 Å². The van der Waals surface area contributed by atoms with Crippen LogP contribution in [0.2, 0.25) is 0 Å². The third kappa shape index (κ3) is 5.88. The molecule has 0 unspecified atom stereocenters. The average Bonchev–Trinajstić information content (AvgIpc) is 2.83. The fourth-order valence-electron chi connectivity index (χ4n) is 4.66. The van der Waals surface area contributed by atoms with Crippen LogP contribution in [0.15, 0.2) is 41.5 Å². The lowest BCUT2D eigenvalue weighted by molar-refractivity contribution is 0.151. The molecular formula is C27H37N5O3. The standard InChI is InChI=1S/C25H29N5O3.2CH4/c1-16-26-10-7-23(28-16)29-19-3-5-20(6-4-19)33-22-14-18(17-8-11-32-12-9-17)13-21-25(22)30(2)24(31)15-27-21;;/h7-8,10,13-15,19-20H,3-6,9,11-12H2,1-2H3,(H,26,28,29);2*1H4. The van der Waals surface area contributed by atoms with Crippen LogP contribution in [0.5, 0.6) is 5.75 Å². The number of hydrogen-bond acceptors (Lipinski definition) is 7. The van der Waals surface area contributed by atoms with Crippen LogP contribution in [0.25, 0.3) is 16.6 Å². The van der Waals surface area contributed by atoms with E-state index in [0.717, 1.165) is 66.1 Å². The Balaban J connectivity index is 0.00000171. The van der Waals surface area contributed by atoms with Crippen molar-refractivity contribution in [2.75, 3.05) is 18.5 Å². The van der Waals surface area contributed by atoms with Crippen molar-refractivity contribution in [2.45, 2.75) is 66.0 Å². The van der Waals surface area contributed by atoms with Crippen molar-refractivity contribution in [1.82, 2.24) is 19.5 Å². The van der Waals surface area contributed by atoms with Crippen LogP contribution in [0.4, 0.5) is 5.82 Å². The molecule has 1 saturated carbocycles. The molecule has 1 N–H and O–H groups in total. The van der Waals surface area contributed by atoms with Crippen molar-refractivity contribution in [3.8, 4) is 5.75 Å². The Labute approximate surface area is 207 Å². The number of aryl methyl sites for hydroxylation is 2. The lowest BCUT2D eigenvalue weighted by atomic mass is 9.92. The van der Waals surface area contributed by atoms with E-state index in [1.807, 2.05) is 19.1 Å². The van der Waals surface area contributed by atoms with Gasteiger partial charge in [0.05, 0.1) is 31.0 Å². The number of fused-ring (bicyclic) bond motifs is 1. The molecular weight excluding hydrogens is 442 g/mol. The van der Waals surface area contributed by atoms with Gasteiger partial charge in [0.2, 0.25) is 0 Å². The molecule has 0 bridgehead atoms. The summed E-state index contributed by atoms with van der Waals surface area (Å²) in [6.45, 7) is 3.23. The highest BCUT2D eigenvalue weighted by molar-refractivity contribution is 5.86. The largest absolute Gasteiger partial charge is 0.488 e. The molecule has 188 valence electrons. The molecule has 35 heavy (non-hydrogen) atoms. The smallest absolute Gasteiger partial charge is 0.269 e. The third-order valence-electron chi connectivity index (χ3n) is 6.46. The summed E-state index contributed by atoms with van der Waals surface area (Å²) in [5.74, 6) is 2.37. The first kappa shape index (κ1) is 26.3. The van der Waals surface area contributed by atoms with Gasteiger partial charge in [-0.05, 0) is 68.4 Å². The first-order chi connectivity index (χ1) is 16.1. The Morgan fingerprint density at radius 3 is 2.66 bits per heavy atom. The van der Waals surface area contributed by atoms with Gasteiger partial charge in [0, 0.05) is 19.3 Å². The average molecular weight is 480 g/mol. The van der Waals surface area contributed by atoms with Crippen molar-refractivity contribution >= 4 is 22.4 Å². The summed E-state index contributed by atoms with van der Waals surface area (Å²) < 4.78 is 13.6. The third-order valence-corrected chi connectivity index (χ3v) is 6.46. The number of aromatic nitrogens is 4. The number of rotatable bonds is 5. The Morgan fingerprint density at radius 2 is 1.94 bits per heavy atom. The topological polar surface area (TPSA) is 91.2 Å². The minimum atomic E-state index is -0.140. The van der Waals surface area contributed by atoms with Gasteiger partial charge in [0.25, 0.3) is 5.56 Å². The first-order valence-corrected chi connectivity index (χ1v) is 11.6. The van der Waals surface area contributed by atoms with Crippen LogP contribution in [0.3, 0.4) is 0 Å². The summed E-state index contributed by atoms with van der Waals surface area (Å²) in [6.07, 6.45) is 10.1. The summed E-state index contributed by atoms with van der Waals surface area (Å²) in [4.78, 5) is 25.3. The van der Waals surface area contributed by atoms with Gasteiger partial charge in [-0.2, -0.15) is 0 Å². The fourth-order valence-corrected chi connectivity index (χ4v) is 4.66. The van der Waals surface area contributed by atoms with Crippen molar-refractivity contribution in [1.29, 1.82) is 0 Å². The Hall–Kier alpha value is -3.26. The number of hydrogen-bond donors (Lipinski definition) is 1. The van der Waals surface area contributed by atoms with Crippen LogP contribution in [0, 0.1) is 6.92 Å². The van der Waals surface area contributed by atoms with Crippen LogP contribution in [-0.2, 0) is 11.8 Å². The van der Waals surface area contributed by atoms with E-state index in [0.29, 0.717) is 19.3 Å². The van der Waals surface area contributed by atoms with Crippen LogP contribution < -0.4 is 15.6 Å². The number of nitrogens with zero attached hydrogens (tertiary/aromatic N) is 4. The minimum absolute atomic E-state index is 0. The van der Waals surface area contributed by atoms with E-state index in [2.05, 4.69) is 32.4 Å². The monoisotopic (exact) mass is 479 g/mol. The zero-order chi connectivity index (χ0) is 22.8. The van der Waals surface area contributed by atoms with Crippen molar-refractivity contribution < 1.29 is 9.47 Å². The van der Waals surface area contributed by atoms with Gasteiger partial charge in [-0.25, -0.2) is 15.0 Å². The van der Waals surface area contributed by atoms with Gasteiger partial charge in [0.1, 0.15) is 22.9 Å². The molecule has 2 aromatic heterocycles. The zero-order valence-corrected chi connectivity index (χ0v) is 19.1. The van der Waals surface area contributed by atoms with Gasteiger partial charge in [0.15, 0.2) is 0 Å². The van der Waals surface area contributed by atoms with Crippen LogP contribution in [-0.4, -0.2) is 44.9 Å². The molecule has 3 aromatic rings. The fraction of sp³-hybridized carbons (Fsp3) is 0.481. The van der Waals surface area contributed by atoms with Gasteiger partial charge in [-0.3, -0.25) is 4.79 Å². The van der Waals surface area contributed by atoms with Crippen molar-refractivity contribution in [2.24, 2.45) is 7.05 Å². The molecule has 1 aliphatic carbocycles. The highest BCUT2D eigenvalue weighted by atomic mass is 16.5. The molecule has 0 amide bonds. The number of nitrogens with one attached hydrogen (secondary N) is 1. The van der Waals surface area contributed by atoms with Crippen molar-refractivity contribution in [3.63, 3.8) is 0 Å². The summed E-state index contributed by atoms with van der Waals surface area (Å²) in [7, 11) is 1.77. The number of ether oxygens (including phenoxy) is 2. The quantitative estimate of drug-likeness (QED) is 0.556. The maximum Gasteiger partial charge on any atom is 0.269 e. The maximum absolute atomic E-state index is 12.3. The van der Waals surface area contributed by atoms with E-state index in [1.165, 1.54) is 11.8 Å². The molecule has 3 heterocycles. The van der Waals surface area contributed by atoms with E-state index < -0.39 is 0 Å². The maximum atomic E-state index is 12.3. The number of anilines is 1. The van der Waals surface area contributed by atoms with Crippen LogP contribution >= 0.6 is 0 Å². The molecule has 0 saturated heterocycles. The molecule has 2 aliphatic rings. The molecule has 1 aliphatic heterocycles. The van der Waals surface area contributed by atoms with Gasteiger partial charge >= 0.3 is 0 Å². The Kier molecular flexibility index (Phi) is 8.62. The molecule has 1 fully saturated rings. The first-order valence-electron chi connectivity index (χ1n) is 11.6. The molecule has 0 radical (unpaired) electrons. The lowest BCUT2D eigenvalue weighted by Crippen LogP contribution is -2.31. The zero-order valence-electron chi connectivity index (χ0n) is 19.1. The van der Waals surface area contributed by atoms with E-state index in [-0.39, 0.29) is 26.5 Å². The van der Waals surface area contributed by atoms with E-state index >= 15 is 0 Å². The summed E-state index contributed by atoms with van der Waals surface area (Å²) in [5.41, 5.74) is 3.69. The van der Waals surface area contributed by atoms with Crippen LogP contribution in [0.1, 0.15) is 58.3 Å². The van der Waals surface area contributed by atoms with Gasteiger partial charge < -0.3 is 19.4 Å². The predicted octanol–water partition coefficient (Wildman–Crippen LogP) is 4.91. The second-order valence-corrected chi connectivity index (χ2v) is 8.78. The second kappa shape index (κ2) is 11.4. The minimum Gasteiger partial charge on any atom is -0.488 e. The summed E-state index contributed by atoms with van der Waals surface area (Å²) in [6, 6.07) is 6.38. The molecule has 8 nitrogen and oxygen atoms in total. The van der Waals surface area contributed by atoms with Gasteiger partial charge in [-0.15, -0.1) is 0 Å². The Morgan fingerprint density at radius 1 is 1.14 bits per heavy atom. The highest BCUT2D eigenvalue weighted by Crippen LogP contribution is 2.33.